The van der Waals surface area contributed by atoms with E-state index in [0.29, 0.717) is 43.0 Å². The lowest BCUT2D eigenvalue weighted by Crippen LogP contribution is -2.56. The first-order valence-electron chi connectivity index (χ1n) is 14.4. The Bertz CT molecular complexity index is 1910. The van der Waals surface area contributed by atoms with Crippen LogP contribution in [-0.2, 0) is 4.79 Å². The van der Waals surface area contributed by atoms with Gasteiger partial charge in [0.1, 0.15) is 11.6 Å². The summed E-state index contributed by atoms with van der Waals surface area (Å²) in [6, 6.07) is 4.45. The van der Waals surface area contributed by atoms with Crippen LogP contribution in [0.15, 0.2) is 47.9 Å². The Kier molecular flexibility index (Phi) is 7.30. The average molecular weight is 605 g/mol. The molecule has 0 bridgehead atoms. The third-order valence-electron chi connectivity index (χ3n) is 8.39. The molecule has 1 saturated heterocycles. The van der Waals surface area contributed by atoms with Gasteiger partial charge in [0.15, 0.2) is 17.5 Å². The van der Waals surface area contributed by atoms with E-state index in [9.17, 15) is 19.1 Å². The smallest absolute Gasteiger partial charge is 0.354 e. The molecule has 228 valence electrons. The van der Waals surface area contributed by atoms with Gasteiger partial charge in [-0.2, -0.15) is 4.98 Å². The molecule has 1 atom stereocenters. The number of piperazine rings is 1. The highest BCUT2D eigenvalue weighted by Gasteiger charge is 2.35. The maximum atomic E-state index is 16.6. The lowest BCUT2D eigenvalue weighted by molar-refractivity contribution is -0.126. The maximum absolute atomic E-state index is 16.6. The number of phenols is 1. The predicted octanol–water partition coefficient (Wildman–Crippen LogP) is 5.02. The molecule has 0 aliphatic carbocycles. The van der Waals surface area contributed by atoms with Gasteiger partial charge in [0, 0.05) is 44.0 Å². The fourth-order valence-electron chi connectivity index (χ4n) is 6.27. The van der Waals surface area contributed by atoms with Gasteiger partial charge in [0.2, 0.25) is 5.91 Å². The van der Waals surface area contributed by atoms with Crippen molar-refractivity contribution >= 4 is 28.3 Å². The van der Waals surface area contributed by atoms with Gasteiger partial charge >= 0.3 is 5.69 Å². The number of benzene rings is 2. The monoisotopic (exact) mass is 604 g/mol. The van der Waals surface area contributed by atoms with Gasteiger partial charge in [-0.3, -0.25) is 14.3 Å². The molecule has 2 aliphatic rings. The second-order valence-corrected chi connectivity index (χ2v) is 11.4. The number of amides is 1. The van der Waals surface area contributed by atoms with E-state index in [-0.39, 0.29) is 46.8 Å². The van der Waals surface area contributed by atoms with Crippen molar-refractivity contribution in [1.82, 2.24) is 19.4 Å². The number of fused-ring (bicyclic) bond motifs is 2. The quantitative estimate of drug-likeness (QED) is 0.316. The number of nitrogens with zero attached hydrogens (tertiary/aromatic N) is 5. The van der Waals surface area contributed by atoms with Crippen LogP contribution in [0.4, 0.5) is 24.7 Å². The van der Waals surface area contributed by atoms with Crippen LogP contribution in [0.5, 0.6) is 5.75 Å². The van der Waals surface area contributed by atoms with Gasteiger partial charge in [-0.1, -0.05) is 20.4 Å². The number of anilines is 2. The summed E-state index contributed by atoms with van der Waals surface area (Å²) in [5.74, 6) is -4.40. The number of pyridine rings is 1. The Morgan fingerprint density at radius 2 is 1.95 bits per heavy atom. The van der Waals surface area contributed by atoms with Crippen LogP contribution in [0, 0.1) is 24.4 Å². The zero-order chi connectivity index (χ0) is 31.4. The number of hydrogen-bond donors (Lipinski definition) is 2. The van der Waals surface area contributed by atoms with Crippen LogP contribution in [0.2, 0.25) is 0 Å². The van der Waals surface area contributed by atoms with Crippen molar-refractivity contribution in [3.05, 3.63) is 82.3 Å². The fraction of sp³-hybridized carbons (Fsp3) is 0.312. The summed E-state index contributed by atoms with van der Waals surface area (Å²) in [5.41, 5.74) is 0.0702. The minimum absolute atomic E-state index is 0.0625. The predicted molar refractivity (Wildman–Crippen MR) is 162 cm³/mol. The molecule has 12 heteroatoms. The number of rotatable bonds is 4. The van der Waals surface area contributed by atoms with Crippen LogP contribution < -0.4 is 15.9 Å². The first-order valence-corrected chi connectivity index (χ1v) is 14.4. The molecule has 0 spiro atoms. The Morgan fingerprint density at radius 3 is 2.68 bits per heavy atom. The van der Waals surface area contributed by atoms with Gasteiger partial charge < -0.3 is 20.2 Å². The summed E-state index contributed by atoms with van der Waals surface area (Å²) in [5, 5.41) is 14.0. The molecule has 1 unspecified atom stereocenters. The van der Waals surface area contributed by atoms with Gasteiger partial charge in [-0.15, -0.1) is 0 Å². The van der Waals surface area contributed by atoms with Crippen molar-refractivity contribution in [2.45, 2.75) is 39.2 Å². The lowest BCUT2D eigenvalue weighted by Gasteiger charge is -2.43. The molecule has 4 heterocycles. The number of hydrogen-bond acceptors (Lipinski definition) is 7. The van der Waals surface area contributed by atoms with Crippen LogP contribution >= 0.6 is 0 Å². The maximum Gasteiger partial charge on any atom is 0.354 e. The van der Waals surface area contributed by atoms with Crippen LogP contribution in [0.3, 0.4) is 0 Å². The second-order valence-electron chi connectivity index (χ2n) is 11.4. The molecule has 6 rings (SSSR count). The summed E-state index contributed by atoms with van der Waals surface area (Å²) in [6.07, 6.45) is 3.34. The molecular weight excluding hydrogens is 573 g/mol. The summed E-state index contributed by atoms with van der Waals surface area (Å²) in [6.45, 7) is 10.5. The summed E-state index contributed by atoms with van der Waals surface area (Å²) >= 11 is 0. The van der Waals surface area contributed by atoms with E-state index in [0.717, 1.165) is 12.1 Å². The molecular formula is C32H31F3N6O3. The largest absolute Gasteiger partial charge is 0.507 e. The first-order chi connectivity index (χ1) is 21.0. The Balaban J connectivity index is 1.73. The standard InChI is InChI=1S/C32H31F3N6O3/c1-5-23(43)39-12-13-40-18(15-39)9-11-37-29-25-21(14-19(26(29)34)24-22(42)7-6-20(33)27(24)35)41(32(44)38-31(25)40)30-17(4)8-10-36-28(30)16(2)3/h5-8,10,14,16,18,37,42H,1,9,11-13,15H2,2-4H3. The van der Waals surface area contributed by atoms with Crippen molar-refractivity contribution in [2.75, 3.05) is 36.4 Å². The number of carbonyl (C=O) groups excluding carboxylic acids is 1. The highest BCUT2D eigenvalue weighted by atomic mass is 19.2. The lowest BCUT2D eigenvalue weighted by atomic mass is 9.97. The summed E-state index contributed by atoms with van der Waals surface area (Å²) in [7, 11) is 0. The number of carbonyl (C=O) groups is 1. The van der Waals surface area contributed by atoms with Crippen molar-refractivity contribution in [3.8, 4) is 22.6 Å². The highest BCUT2D eigenvalue weighted by Crippen LogP contribution is 2.44. The zero-order valence-corrected chi connectivity index (χ0v) is 24.5. The summed E-state index contributed by atoms with van der Waals surface area (Å²) in [4.78, 5) is 39.2. The number of aromatic hydroxyl groups is 1. The molecule has 1 amide bonds. The molecule has 2 aromatic carbocycles. The van der Waals surface area contributed by atoms with E-state index >= 15 is 8.78 Å². The minimum Gasteiger partial charge on any atom is -0.507 e. The first kappa shape index (κ1) is 29.2. The number of aryl methyl sites for hydroxylation is 1. The topological polar surface area (TPSA) is 104 Å². The van der Waals surface area contributed by atoms with E-state index in [4.69, 9.17) is 0 Å². The number of phenolic OH excluding ortho intramolecular Hbond substituents is 1. The highest BCUT2D eigenvalue weighted by molar-refractivity contribution is 6.04. The van der Waals surface area contributed by atoms with E-state index in [2.05, 4.69) is 21.9 Å². The van der Waals surface area contributed by atoms with Crippen molar-refractivity contribution in [1.29, 1.82) is 0 Å². The molecule has 2 aliphatic heterocycles. The van der Waals surface area contributed by atoms with Gasteiger partial charge in [0.05, 0.1) is 33.5 Å². The Hall–Kier alpha value is -4.87. The van der Waals surface area contributed by atoms with E-state index < -0.39 is 40.0 Å². The van der Waals surface area contributed by atoms with Crippen molar-refractivity contribution < 1.29 is 23.1 Å². The van der Waals surface area contributed by atoms with E-state index in [1.807, 2.05) is 25.7 Å². The number of aromatic nitrogens is 3. The molecule has 9 nitrogen and oxygen atoms in total. The molecule has 44 heavy (non-hydrogen) atoms. The molecule has 2 aromatic heterocycles. The van der Waals surface area contributed by atoms with Crippen molar-refractivity contribution in [2.24, 2.45) is 0 Å². The normalized spacial score (nSPS) is 16.4. The molecule has 0 saturated carbocycles. The fourth-order valence-corrected chi connectivity index (χ4v) is 6.27. The Labute approximate surface area is 251 Å². The van der Waals surface area contributed by atoms with Gasteiger partial charge in [-0.25, -0.2) is 18.0 Å². The van der Waals surface area contributed by atoms with Crippen LogP contribution in [0.25, 0.3) is 27.7 Å². The van der Waals surface area contributed by atoms with Crippen molar-refractivity contribution in [3.63, 3.8) is 0 Å². The van der Waals surface area contributed by atoms with Gasteiger partial charge in [0.25, 0.3) is 0 Å². The molecule has 0 radical (unpaired) electrons. The van der Waals surface area contributed by atoms with E-state index in [1.165, 1.54) is 16.7 Å². The SMILES string of the molecule is C=CC(=O)N1CCN2c3nc(=O)n(-c4c(C)ccnc4C(C)C)c4cc(-c5c(O)ccc(F)c5F)c(F)c(c34)NCCC2C1. The van der Waals surface area contributed by atoms with Gasteiger partial charge in [-0.05, 0) is 55.2 Å². The van der Waals surface area contributed by atoms with E-state index in [1.54, 1.807) is 17.2 Å². The molecule has 1 fully saturated rings. The minimum atomic E-state index is -1.42. The molecule has 2 N–H and O–H groups in total. The average Bonchev–Trinajstić information content (AvgIpc) is 2.99. The second kappa shape index (κ2) is 11.0. The van der Waals surface area contributed by atoms with Crippen LogP contribution in [0.1, 0.15) is 37.4 Å². The number of halogens is 3. The third-order valence-corrected chi connectivity index (χ3v) is 8.39. The summed E-state index contributed by atoms with van der Waals surface area (Å²) < 4.78 is 47.6. The number of nitrogens with one attached hydrogen (secondary N) is 1. The molecule has 4 aromatic rings. The zero-order valence-electron chi connectivity index (χ0n) is 24.5. The Morgan fingerprint density at radius 1 is 1.18 bits per heavy atom. The third kappa shape index (κ3) is 4.56. The van der Waals surface area contributed by atoms with Crippen LogP contribution in [-0.4, -0.2) is 62.7 Å².